The van der Waals surface area contributed by atoms with Gasteiger partial charge in [0.25, 0.3) is 15.9 Å². The molecule has 7 nitrogen and oxygen atoms in total. The van der Waals surface area contributed by atoms with Gasteiger partial charge in [0, 0.05) is 12.0 Å². The van der Waals surface area contributed by atoms with Crippen LogP contribution in [0.4, 0.5) is 0 Å². The number of nitrogens with one attached hydrogen (secondary N) is 1. The van der Waals surface area contributed by atoms with Gasteiger partial charge in [-0.15, -0.1) is 0 Å². The van der Waals surface area contributed by atoms with E-state index in [0.717, 1.165) is 6.26 Å². The number of sulfonamides is 1. The highest BCUT2D eigenvalue weighted by Gasteiger charge is 2.21. The van der Waals surface area contributed by atoms with Crippen molar-refractivity contribution >= 4 is 21.7 Å². The molecule has 0 bridgehead atoms. The van der Waals surface area contributed by atoms with Gasteiger partial charge in [-0.1, -0.05) is 19.1 Å². The molecule has 0 spiro atoms. The number of hydrogen-bond donors (Lipinski definition) is 1. The Bertz CT molecular complexity index is 806. The van der Waals surface area contributed by atoms with Gasteiger partial charge in [-0.05, 0) is 19.1 Å². The maximum absolute atomic E-state index is 12.1. The fourth-order valence-corrected chi connectivity index (χ4v) is 2.64. The number of oxazole rings is 1. The number of Topliss-reactive ketones (excluding diaryl/α,β-unsaturated/α-hetero) is 1. The number of hydrogen-bond acceptors (Lipinski definition) is 6. The van der Waals surface area contributed by atoms with Gasteiger partial charge in [-0.25, -0.2) is 18.1 Å². The first-order valence-corrected chi connectivity index (χ1v) is 7.94. The van der Waals surface area contributed by atoms with Crippen LogP contribution in [-0.4, -0.2) is 25.1 Å². The van der Waals surface area contributed by atoms with E-state index >= 15 is 0 Å². The van der Waals surface area contributed by atoms with Gasteiger partial charge in [0.2, 0.25) is 0 Å². The topological polar surface area (TPSA) is 106 Å². The number of aryl methyl sites for hydroxylation is 1. The summed E-state index contributed by atoms with van der Waals surface area (Å²) in [6.07, 6.45) is 1.59. The lowest BCUT2D eigenvalue weighted by atomic mass is 10.2. The number of carbonyl (C=O) groups is 2. The molecular formula is C14H14N2O5S. The maximum atomic E-state index is 12.1. The normalized spacial score (nSPS) is 11.2. The molecule has 0 aliphatic carbocycles. The van der Waals surface area contributed by atoms with Gasteiger partial charge in [-0.3, -0.25) is 9.59 Å². The van der Waals surface area contributed by atoms with Crippen LogP contribution < -0.4 is 4.72 Å². The van der Waals surface area contributed by atoms with Crippen molar-refractivity contribution in [3.8, 4) is 0 Å². The summed E-state index contributed by atoms with van der Waals surface area (Å²) in [5.74, 6) is -0.713. The van der Waals surface area contributed by atoms with E-state index in [1.807, 2.05) is 4.72 Å². The Morgan fingerprint density at radius 1 is 1.23 bits per heavy atom. The molecule has 0 saturated carbocycles. The predicted octanol–water partition coefficient (Wildman–Crippen LogP) is 1.56. The van der Waals surface area contributed by atoms with Crippen LogP contribution in [0.5, 0.6) is 0 Å². The monoisotopic (exact) mass is 322 g/mol. The number of nitrogens with zero attached hydrogens (tertiary/aromatic N) is 1. The molecule has 8 heteroatoms. The predicted molar refractivity (Wildman–Crippen MR) is 77.0 cm³/mol. The fourth-order valence-electron chi connectivity index (χ4n) is 1.68. The lowest BCUT2D eigenvalue weighted by molar-refractivity contribution is 0.0974. The largest absolute Gasteiger partial charge is 0.448 e. The first kappa shape index (κ1) is 15.9. The Kier molecular flexibility index (Phi) is 4.41. The Morgan fingerprint density at radius 2 is 1.86 bits per heavy atom. The minimum absolute atomic E-state index is 0.110. The summed E-state index contributed by atoms with van der Waals surface area (Å²) in [5.41, 5.74) is 0.273. The molecule has 1 N–H and O–H groups in total. The molecule has 22 heavy (non-hydrogen) atoms. The van der Waals surface area contributed by atoms with Crippen LogP contribution in [0.25, 0.3) is 0 Å². The third-order valence-corrected chi connectivity index (χ3v) is 4.23. The highest BCUT2D eigenvalue weighted by Crippen LogP contribution is 2.12. The first-order chi connectivity index (χ1) is 10.3. The van der Waals surface area contributed by atoms with Gasteiger partial charge < -0.3 is 4.42 Å². The second kappa shape index (κ2) is 6.10. The van der Waals surface area contributed by atoms with E-state index in [4.69, 9.17) is 4.42 Å². The molecule has 2 aromatic rings. The molecule has 0 radical (unpaired) electrons. The average Bonchev–Trinajstić information content (AvgIpc) is 2.96. The molecule has 0 saturated heterocycles. The van der Waals surface area contributed by atoms with Crippen molar-refractivity contribution in [1.29, 1.82) is 0 Å². The van der Waals surface area contributed by atoms with E-state index in [1.165, 1.54) is 31.2 Å². The molecule has 0 aliphatic rings. The number of carbonyl (C=O) groups excluding carboxylic acids is 2. The van der Waals surface area contributed by atoms with E-state index in [9.17, 15) is 18.0 Å². The molecule has 2 rings (SSSR count). The minimum Gasteiger partial charge on any atom is -0.448 e. The van der Waals surface area contributed by atoms with Crippen LogP contribution in [0.2, 0.25) is 0 Å². The second-order valence-corrected chi connectivity index (χ2v) is 6.18. The van der Waals surface area contributed by atoms with Crippen molar-refractivity contribution in [3.05, 3.63) is 47.7 Å². The van der Waals surface area contributed by atoms with Crippen LogP contribution in [0.3, 0.4) is 0 Å². The van der Waals surface area contributed by atoms with Crippen molar-refractivity contribution < 1.29 is 22.4 Å². The highest BCUT2D eigenvalue weighted by atomic mass is 32.2. The molecule has 0 unspecified atom stereocenters. The molecule has 1 aromatic carbocycles. The zero-order valence-electron chi connectivity index (χ0n) is 12.0. The van der Waals surface area contributed by atoms with Crippen molar-refractivity contribution in [2.75, 3.05) is 0 Å². The number of amides is 1. The lowest BCUT2D eigenvalue weighted by Gasteiger charge is -2.05. The second-order valence-electron chi connectivity index (χ2n) is 4.50. The summed E-state index contributed by atoms with van der Waals surface area (Å²) < 4.78 is 31.1. The summed E-state index contributed by atoms with van der Waals surface area (Å²) >= 11 is 0. The average molecular weight is 322 g/mol. The smallest absolute Gasteiger partial charge is 0.286 e. The Hall–Kier alpha value is -2.48. The van der Waals surface area contributed by atoms with Crippen molar-refractivity contribution in [2.24, 2.45) is 0 Å². The molecule has 1 heterocycles. The van der Waals surface area contributed by atoms with Crippen LogP contribution in [0.15, 0.2) is 39.8 Å². The van der Waals surface area contributed by atoms with Crippen LogP contribution >= 0.6 is 0 Å². The SMILES string of the molecule is CCc1nc(C(=O)NS(=O)(=O)c2ccc(C(C)=O)cc2)co1. The molecule has 0 atom stereocenters. The zero-order chi connectivity index (χ0) is 16.3. The Morgan fingerprint density at radius 3 is 2.36 bits per heavy atom. The lowest BCUT2D eigenvalue weighted by Crippen LogP contribution is -2.30. The third kappa shape index (κ3) is 3.40. The van der Waals surface area contributed by atoms with Crippen molar-refractivity contribution in [1.82, 2.24) is 9.71 Å². The molecule has 1 amide bonds. The standard InChI is InChI=1S/C14H14N2O5S/c1-3-13-15-12(8-21-13)14(18)16-22(19,20)11-6-4-10(5-7-11)9(2)17/h4-8H,3H2,1-2H3,(H,16,18). The van der Waals surface area contributed by atoms with Crippen LogP contribution in [0.1, 0.15) is 40.6 Å². The molecule has 0 aliphatic heterocycles. The summed E-state index contributed by atoms with van der Waals surface area (Å²) in [5, 5.41) is 0. The van der Waals surface area contributed by atoms with Crippen molar-refractivity contribution in [2.45, 2.75) is 25.2 Å². The molecule has 116 valence electrons. The summed E-state index contributed by atoms with van der Waals surface area (Å²) in [7, 11) is -4.04. The summed E-state index contributed by atoms with van der Waals surface area (Å²) in [6, 6.07) is 5.28. The van der Waals surface area contributed by atoms with Gasteiger partial charge in [0.15, 0.2) is 17.4 Å². The van der Waals surface area contributed by atoms with E-state index in [0.29, 0.717) is 17.9 Å². The van der Waals surface area contributed by atoms with Gasteiger partial charge >= 0.3 is 0 Å². The number of ketones is 1. The zero-order valence-corrected chi connectivity index (χ0v) is 12.8. The minimum atomic E-state index is -4.04. The highest BCUT2D eigenvalue weighted by molar-refractivity contribution is 7.90. The fraction of sp³-hybridized carbons (Fsp3) is 0.214. The van der Waals surface area contributed by atoms with E-state index in [-0.39, 0.29) is 16.4 Å². The molecule has 0 fully saturated rings. The molecule has 1 aromatic heterocycles. The maximum Gasteiger partial charge on any atom is 0.286 e. The number of benzene rings is 1. The van der Waals surface area contributed by atoms with Crippen LogP contribution in [0, 0.1) is 0 Å². The van der Waals surface area contributed by atoms with Gasteiger partial charge in [-0.2, -0.15) is 0 Å². The molecular weight excluding hydrogens is 308 g/mol. The van der Waals surface area contributed by atoms with Crippen LogP contribution in [-0.2, 0) is 16.4 Å². The first-order valence-electron chi connectivity index (χ1n) is 6.46. The number of rotatable bonds is 5. The quantitative estimate of drug-likeness (QED) is 0.837. The third-order valence-electron chi connectivity index (χ3n) is 2.89. The Balaban J connectivity index is 2.19. The Labute approximate surface area is 127 Å². The van der Waals surface area contributed by atoms with Gasteiger partial charge in [0.05, 0.1) is 4.90 Å². The van der Waals surface area contributed by atoms with E-state index in [2.05, 4.69) is 4.98 Å². The van der Waals surface area contributed by atoms with E-state index in [1.54, 1.807) is 6.92 Å². The van der Waals surface area contributed by atoms with Gasteiger partial charge in [0.1, 0.15) is 6.26 Å². The van der Waals surface area contributed by atoms with Crippen molar-refractivity contribution in [3.63, 3.8) is 0 Å². The number of aromatic nitrogens is 1. The summed E-state index contributed by atoms with van der Waals surface area (Å²) in [6.45, 7) is 3.17. The van der Waals surface area contributed by atoms with E-state index < -0.39 is 15.9 Å². The summed E-state index contributed by atoms with van der Waals surface area (Å²) in [4.78, 5) is 26.8.